The third-order valence-corrected chi connectivity index (χ3v) is 7.63. The molecule has 1 aliphatic heterocycles. The van der Waals surface area contributed by atoms with Gasteiger partial charge >= 0.3 is 6.18 Å². The zero-order valence-corrected chi connectivity index (χ0v) is 24.2. The molecule has 0 radical (unpaired) electrons. The van der Waals surface area contributed by atoms with Gasteiger partial charge in [0.1, 0.15) is 11.6 Å². The molecule has 0 saturated carbocycles. The summed E-state index contributed by atoms with van der Waals surface area (Å²) in [5, 5.41) is 3.76. The van der Waals surface area contributed by atoms with Crippen LogP contribution in [-0.2, 0) is 19.3 Å². The number of nitrogens with zero attached hydrogens (tertiary/aromatic N) is 6. The average molecular weight is 580 g/mol. The maximum atomic E-state index is 14.2. The lowest BCUT2D eigenvalue weighted by atomic mass is 10.1. The van der Waals surface area contributed by atoms with Crippen molar-refractivity contribution in [2.45, 2.75) is 46.5 Å². The molecule has 0 bridgehead atoms. The number of rotatable bonds is 11. The van der Waals surface area contributed by atoms with Crippen molar-refractivity contribution in [1.82, 2.24) is 24.8 Å². The number of halogens is 4. The van der Waals surface area contributed by atoms with Gasteiger partial charge in [-0.05, 0) is 44.1 Å². The van der Waals surface area contributed by atoms with Gasteiger partial charge < -0.3 is 15.1 Å². The van der Waals surface area contributed by atoms with Gasteiger partial charge in [0.25, 0.3) is 0 Å². The van der Waals surface area contributed by atoms with E-state index in [2.05, 4.69) is 55.7 Å². The van der Waals surface area contributed by atoms with Crippen LogP contribution >= 0.6 is 11.3 Å². The molecule has 12 heteroatoms. The van der Waals surface area contributed by atoms with Crippen molar-refractivity contribution in [3.63, 3.8) is 0 Å². The fraction of sp³-hybridized carbons (Fsp3) is 0.536. The van der Waals surface area contributed by atoms with E-state index in [0.717, 1.165) is 68.5 Å². The molecule has 7 nitrogen and oxygen atoms in total. The highest BCUT2D eigenvalue weighted by molar-refractivity contribution is 7.16. The van der Waals surface area contributed by atoms with Crippen LogP contribution in [-0.4, -0.2) is 71.1 Å². The predicted octanol–water partition coefficient (Wildman–Crippen LogP) is 5.99. The molecule has 1 aliphatic rings. The van der Waals surface area contributed by atoms with Gasteiger partial charge in [-0.15, -0.1) is 11.3 Å². The lowest BCUT2D eigenvalue weighted by Crippen LogP contribution is -2.46. The van der Waals surface area contributed by atoms with E-state index in [0.29, 0.717) is 41.6 Å². The summed E-state index contributed by atoms with van der Waals surface area (Å²) in [6, 6.07) is 2.57. The van der Waals surface area contributed by atoms with Crippen LogP contribution in [0.25, 0.3) is 11.3 Å². The van der Waals surface area contributed by atoms with Crippen molar-refractivity contribution in [2.75, 3.05) is 56.5 Å². The number of hydrogen-bond donors (Lipinski definition) is 1. The second-order valence-corrected chi connectivity index (χ2v) is 11.7. The Labute approximate surface area is 237 Å². The number of thiazole rings is 1. The summed E-state index contributed by atoms with van der Waals surface area (Å²) in [5.74, 6) is 0.307. The smallest absolute Gasteiger partial charge is 0.356 e. The Morgan fingerprint density at radius 1 is 1.07 bits per heavy atom. The van der Waals surface area contributed by atoms with Crippen LogP contribution in [0.15, 0.2) is 30.6 Å². The molecule has 3 aromatic rings. The summed E-state index contributed by atoms with van der Waals surface area (Å²) in [7, 11) is 1.95. The molecule has 0 amide bonds. The first-order chi connectivity index (χ1) is 19.0. The fourth-order valence-electron chi connectivity index (χ4n) is 4.87. The van der Waals surface area contributed by atoms with Crippen molar-refractivity contribution in [2.24, 2.45) is 5.92 Å². The summed E-state index contributed by atoms with van der Waals surface area (Å²) in [6.45, 7) is 13.0. The van der Waals surface area contributed by atoms with E-state index in [1.165, 1.54) is 11.3 Å². The minimum Gasteiger partial charge on any atom is -0.356 e. The quantitative estimate of drug-likeness (QED) is 0.280. The Bertz CT molecular complexity index is 1240. The van der Waals surface area contributed by atoms with Crippen LogP contribution < -0.4 is 10.2 Å². The van der Waals surface area contributed by atoms with Gasteiger partial charge in [-0.1, -0.05) is 20.8 Å². The first kappa shape index (κ1) is 30.1. The molecule has 0 unspecified atom stereocenters. The molecule has 1 N–H and O–H groups in total. The summed E-state index contributed by atoms with van der Waals surface area (Å²) >= 11 is 1.35. The molecule has 0 spiro atoms. The zero-order valence-electron chi connectivity index (χ0n) is 23.4. The highest BCUT2D eigenvalue weighted by Gasteiger charge is 2.32. The maximum absolute atomic E-state index is 14.2. The number of benzene rings is 1. The summed E-state index contributed by atoms with van der Waals surface area (Å²) in [4.78, 5) is 21.3. The Hall–Kier alpha value is -2.83. The Balaban J connectivity index is 1.49. The van der Waals surface area contributed by atoms with Crippen molar-refractivity contribution < 1.29 is 17.6 Å². The van der Waals surface area contributed by atoms with Crippen LogP contribution in [0.4, 0.5) is 28.5 Å². The van der Waals surface area contributed by atoms with Crippen molar-refractivity contribution in [3.05, 3.63) is 52.5 Å². The van der Waals surface area contributed by atoms with E-state index >= 15 is 0 Å². The van der Waals surface area contributed by atoms with Crippen LogP contribution in [0.5, 0.6) is 0 Å². The van der Waals surface area contributed by atoms with Gasteiger partial charge in [-0.25, -0.2) is 14.4 Å². The monoisotopic (exact) mass is 579 g/mol. The number of anilines is 2. The average Bonchev–Trinajstić information content (AvgIpc) is 3.29. The molecule has 2 aromatic heterocycles. The number of nitrogens with one attached hydrogen (secondary N) is 1. The van der Waals surface area contributed by atoms with Gasteiger partial charge in [-0.2, -0.15) is 13.2 Å². The molecule has 1 aromatic carbocycles. The Morgan fingerprint density at radius 3 is 2.45 bits per heavy atom. The Morgan fingerprint density at radius 2 is 1.82 bits per heavy atom. The number of aromatic nitrogens is 3. The third-order valence-electron chi connectivity index (χ3n) is 6.63. The maximum Gasteiger partial charge on any atom is 0.416 e. The van der Waals surface area contributed by atoms with Crippen molar-refractivity contribution >= 4 is 22.3 Å². The predicted molar refractivity (Wildman–Crippen MR) is 152 cm³/mol. The van der Waals surface area contributed by atoms with Crippen molar-refractivity contribution in [1.29, 1.82) is 0 Å². The molecule has 0 atom stereocenters. The highest BCUT2D eigenvalue weighted by Crippen LogP contribution is 2.37. The summed E-state index contributed by atoms with van der Waals surface area (Å²) in [5.41, 5.74) is 0.131. The van der Waals surface area contributed by atoms with Crippen LogP contribution in [0.1, 0.15) is 43.3 Å². The third kappa shape index (κ3) is 8.11. The first-order valence-electron chi connectivity index (χ1n) is 13.6. The van der Waals surface area contributed by atoms with E-state index in [1.807, 2.05) is 7.05 Å². The van der Waals surface area contributed by atoms with Crippen LogP contribution in [0.2, 0.25) is 0 Å². The number of hydrogen-bond acceptors (Lipinski definition) is 8. The van der Waals surface area contributed by atoms with Gasteiger partial charge in [0.05, 0.1) is 35.9 Å². The topological polar surface area (TPSA) is 60.4 Å². The van der Waals surface area contributed by atoms with E-state index in [4.69, 9.17) is 0 Å². The van der Waals surface area contributed by atoms with E-state index in [-0.39, 0.29) is 5.56 Å². The molecule has 4 rings (SSSR count). The second-order valence-electron chi connectivity index (χ2n) is 10.7. The van der Waals surface area contributed by atoms with Crippen molar-refractivity contribution in [3.8, 4) is 11.3 Å². The van der Waals surface area contributed by atoms with E-state index < -0.39 is 17.6 Å². The number of piperazine rings is 1. The molecule has 3 heterocycles. The lowest BCUT2D eigenvalue weighted by Gasteiger charge is -2.35. The molecule has 218 valence electrons. The molecular formula is C28H37F4N7S. The molecule has 0 aliphatic carbocycles. The largest absolute Gasteiger partial charge is 0.416 e. The lowest BCUT2D eigenvalue weighted by molar-refractivity contribution is -0.137. The Kier molecular flexibility index (Phi) is 9.96. The van der Waals surface area contributed by atoms with Gasteiger partial charge in [0, 0.05) is 49.7 Å². The normalized spacial score (nSPS) is 14.9. The molecule has 1 fully saturated rings. The highest BCUT2D eigenvalue weighted by atomic mass is 32.1. The van der Waals surface area contributed by atoms with Gasteiger partial charge in [0.2, 0.25) is 0 Å². The minimum absolute atomic E-state index is 0.104. The van der Waals surface area contributed by atoms with Crippen LogP contribution in [0, 0.1) is 11.7 Å². The standard InChI is InChI=1S/C28H37F4N7S/c1-5-6-38-7-9-39(10-8-38)25-16-33-23(14-34-25)15-35-27-36-26(24(40-27)18-37(4)17-19(2)3)20-11-21(28(30,31)32)13-22(29)12-20/h11-14,16,19H,5-10,15,17-18H2,1-4H3,(H,35,36). The van der Waals surface area contributed by atoms with Gasteiger partial charge in [-0.3, -0.25) is 9.88 Å². The van der Waals surface area contributed by atoms with E-state index in [1.54, 1.807) is 12.4 Å². The zero-order chi connectivity index (χ0) is 28.9. The number of alkyl halides is 3. The fourth-order valence-corrected chi connectivity index (χ4v) is 5.93. The van der Waals surface area contributed by atoms with Crippen LogP contribution in [0.3, 0.4) is 0 Å². The molecule has 40 heavy (non-hydrogen) atoms. The molecule has 1 saturated heterocycles. The SMILES string of the molecule is CCCN1CCN(c2cnc(CNc3nc(-c4cc(F)cc(C(F)(F)F)c4)c(CN(C)CC(C)C)s3)cn2)CC1. The summed E-state index contributed by atoms with van der Waals surface area (Å²) in [6.07, 6.45) is -0.00219. The minimum atomic E-state index is -4.66. The molecular weight excluding hydrogens is 542 g/mol. The summed E-state index contributed by atoms with van der Waals surface area (Å²) < 4.78 is 54.4. The first-order valence-corrected chi connectivity index (χ1v) is 14.4. The second kappa shape index (κ2) is 13.2. The van der Waals surface area contributed by atoms with Gasteiger partial charge in [0.15, 0.2) is 5.13 Å². The van der Waals surface area contributed by atoms with E-state index in [9.17, 15) is 17.6 Å².